The molecule has 0 spiro atoms. The topological polar surface area (TPSA) is 38.3 Å². The highest BCUT2D eigenvalue weighted by atomic mass is 35.5. The van der Waals surface area contributed by atoms with Gasteiger partial charge in [-0.1, -0.05) is 62.8 Å². The largest absolute Gasteiger partial charge is 0.479 e. The Morgan fingerprint density at radius 1 is 1.23 bits per heavy atom. The minimum atomic E-state index is -0.481. The monoisotopic (exact) mass is 323 g/mol. The van der Waals surface area contributed by atoms with E-state index in [-0.39, 0.29) is 11.9 Å². The van der Waals surface area contributed by atoms with E-state index in [4.69, 9.17) is 16.3 Å². The molecule has 1 aliphatic carbocycles. The van der Waals surface area contributed by atoms with Crippen molar-refractivity contribution in [1.82, 2.24) is 5.32 Å². The molecule has 122 valence electrons. The van der Waals surface area contributed by atoms with Crippen LogP contribution in [0.25, 0.3) is 0 Å². The Bertz CT molecular complexity index is 470. The summed E-state index contributed by atoms with van der Waals surface area (Å²) in [6.07, 6.45) is 8.59. The summed E-state index contributed by atoms with van der Waals surface area (Å²) >= 11 is 6.10. The molecule has 22 heavy (non-hydrogen) atoms. The van der Waals surface area contributed by atoms with Gasteiger partial charge >= 0.3 is 0 Å². The number of carbonyl (C=O) groups excluding carboxylic acids is 1. The van der Waals surface area contributed by atoms with Crippen LogP contribution in [0.15, 0.2) is 24.3 Å². The quantitative estimate of drug-likeness (QED) is 0.851. The van der Waals surface area contributed by atoms with E-state index in [2.05, 4.69) is 5.32 Å². The van der Waals surface area contributed by atoms with Crippen molar-refractivity contribution in [2.24, 2.45) is 0 Å². The van der Waals surface area contributed by atoms with Crippen LogP contribution in [0, 0.1) is 0 Å². The van der Waals surface area contributed by atoms with E-state index in [0.29, 0.717) is 17.2 Å². The molecule has 0 radical (unpaired) electrons. The van der Waals surface area contributed by atoms with Crippen molar-refractivity contribution >= 4 is 17.5 Å². The molecule has 1 aromatic rings. The van der Waals surface area contributed by atoms with Crippen molar-refractivity contribution < 1.29 is 9.53 Å². The van der Waals surface area contributed by atoms with Gasteiger partial charge in [0.25, 0.3) is 5.91 Å². The Kier molecular flexibility index (Phi) is 7.04. The zero-order valence-electron chi connectivity index (χ0n) is 13.3. The molecule has 0 unspecified atom stereocenters. The lowest BCUT2D eigenvalue weighted by molar-refractivity contribution is -0.129. The minimum Gasteiger partial charge on any atom is -0.479 e. The molecular weight excluding hydrogens is 298 g/mol. The maximum Gasteiger partial charge on any atom is 0.261 e. The van der Waals surface area contributed by atoms with Gasteiger partial charge in [0.2, 0.25) is 0 Å². The lowest BCUT2D eigenvalue weighted by Crippen LogP contribution is -2.43. The third kappa shape index (κ3) is 5.20. The Morgan fingerprint density at radius 2 is 1.86 bits per heavy atom. The maximum atomic E-state index is 12.5. The number of ether oxygens (including phenoxy) is 1. The summed E-state index contributed by atoms with van der Waals surface area (Å²) in [7, 11) is 0. The number of nitrogens with one attached hydrogen (secondary N) is 1. The summed E-state index contributed by atoms with van der Waals surface area (Å²) in [4.78, 5) is 12.5. The number of amides is 1. The van der Waals surface area contributed by atoms with Gasteiger partial charge in [-0.2, -0.15) is 0 Å². The Balaban J connectivity index is 1.92. The molecule has 1 aromatic carbocycles. The molecule has 1 saturated carbocycles. The molecule has 0 bridgehead atoms. The van der Waals surface area contributed by atoms with Crippen LogP contribution in [-0.4, -0.2) is 18.1 Å². The molecule has 2 rings (SSSR count). The van der Waals surface area contributed by atoms with Crippen LogP contribution in [0.2, 0.25) is 5.02 Å². The summed E-state index contributed by atoms with van der Waals surface area (Å²) in [6, 6.07) is 7.58. The number of benzene rings is 1. The average molecular weight is 324 g/mol. The molecule has 1 amide bonds. The van der Waals surface area contributed by atoms with Crippen LogP contribution in [0.3, 0.4) is 0 Å². The first-order chi connectivity index (χ1) is 10.7. The van der Waals surface area contributed by atoms with Gasteiger partial charge in [0, 0.05) is 6.04 Å². The fourth-order valence-corrected chi connectivity index (χ4v) is 3.09. The predicted octanol–water partition coefficient (Wildman–Crippen LogP) is 4.73. The van der Waals surface area contributed by atoms with Crippen molar-refractivity contribution in [3.63, 3.8) is 0 Å². The first kappa shape index (κ1) is 17.1. The van der Waals surface area contributed by atoms with Crippen molar-refractivity contribution in [3.05, 3.63) is 29.3 Å². The van der Waals surface area contributed by atoms with Gasteiger partial charge in [-0.05, 0) is 31.4 Å². The number of hydrogen-bond acceptors (Lipinski definition) is 2. The van der Waals surface area contributed by atoms with Crippen LogP contribution in [0.5, 0.6) is 5.75 Å². The van der Waals surface area contributed by atoms with E-state index >= 15 is 0 Å². The molecule has 1 aliphatic rings. The lowest BCUT2D eigenvalue weighted by Gasteiger charge is -2.24. The first-order valence-corrected chi connectivity index (χ1v) is 8.80. The second-order valence-electron chi connectivity index (χ2n) is 6.00. The molecule has 1 N–H and O–H groups in total. The van der Waals surface area contributed by atoms with Gasteiger partial charge in [-0.15, -0.1) is 0 Å². The van der Waals surface area contributed by atoms with E-state index in [1.807, 2.05) is 19.1 Å². The lowest BCUT2D eigenvalue weighted by atomic mass is 9.96. The second-order valence-corrected chi connectivity index (χ2v) is 6.40. The number of carbonyl (C=O) groups is 1. The predicted molar refractivity (Wildman–Crippen MR) is 90.4 cm³/mol. The molecule has 1 atom stereocenters. The summed E-state index contributed by atoms with van der Waals surface area (Å²) in [5, 5.41) is 3.71. The molecule has 3 nitrogen and oxygen atoms in total. The van der Waals surface area contributed by atoms with E-state index in [0.717, 1.165) is 12.8 Å². The molecular formula is C18H26ClNO2. The van der Waals surface area contributed by atoms with Crippen molar-refractivity contribution in [2.45, 2.75) is 70.4 Å². The Labute approximate surface area is 138 Å². The molecule has 0 aromatic heterocycles. The highest BCUT2D eigenvalue weighted by Gasteiger charge is 2.22. The zero-order chi connectivity index (χ0) is 15.8. The van der Waals surface area contributed by atoms with Crippen molar-refractivity contribution in [1.29, 1.82) is 0 Å². The fraction of sp³-hybridized carbons (Fsp3) is 0.611. The van der Waals surface area contributed by atoms with Crippen LogP contribution in [0.1, 0.15) is 58.3 Å². The molecule has 1 fully saturated rings. The van der Waals surface area contributed by atoms with Crippen LogP contribution in [-0.2, 0) is 4.79 Å². The third-order valence-electron chi connectivity index (χ3n) is 4.22. The van der Waals surface area contributed by atoms with Gasteiger partial charge in [-0.25, -0.2) is 0 Å². The summed E-state index contributed by atoms with van der Waals surface area (Å²) in [6.45, 7) is 1.96. The Morgan fingerprint density at radius 3 is 2.50 bits per heavy atom. The van der Waals surface area contributed by atoms with Crippen LogP contribution < -0.4 is 10.1 Å². The van der Waals surface area contributed by atoms with Gasteiger partial charge in [0.1, 0.15) is 5.75 Å². The molecule has 0 aliphatic heterocycles. The zero-order valence-corrected chi connectivity index (χ0v) is 14.1. The summed E-state index contributed by atoms with van der Waals surface area (Å²) in [5.74, 6) is 0.553. The summed E-state index contributed by atoms with van der Waals surface area (Å²) in [5.41, 5.74) is 0. The van der Waals surface area contributed by atoms with E-state index in [1.54, 1.807) is 12.1 Å². The normalized spacial score (nSPS) is 18.1. The average Bonchev–Trinajstić information content (AvgIpc) is 2.49. The van der Waals surface area contributed by atoms with Crippen LogP contribution in [0.4, 0.5) is 0 Å². The van der Waals surface area contributed by atoms with Crippen molar-refractivity contribution in [3.8, 4) is 5.75 Å². The maximum absolute atomic E-state index is 12.5. The Hall–Kier alpha value is -1.22. The number of hydrogen-bond donors (Lipinski definition) is 1. The van der Waals surface area contributed by atoms with Gasteiger partial charge in [-0.3, -0.25) is 4.79 Å². The SMILES string of the molecule is CC[C@@H](Oc1ccccc1Cl)C(=O)NC1CCCCCCC1. The van der Waals surface area contributed by atoms with Gasteiger partial charge in [0.15, 0.2) is 6.10 Å². The minimum absolute atomic E-state index is 0.0204. The van der Waals surface area contributed by atoms with E-state index in [1.165, 1.54) is 32.1 Å². The first-order valence-electron chi connectivity index (χ1n) is 8.42. The van der Waals surface area contributed by atoms with E-state index < -0.39 is 6.10 Å². The highest BCUT2D eigenvalue weighted by molar-refractivity contribution is 6.32. The smallest absolute Gasteiger partial charge is 0.261 e. The third-order valence-corrected chi connectivity index (χ3v) is 4.53. The highest BCUT2D eigenvalue weighted by Crippen LogP contribution is 2.25. The number of rotatable bonds is 5. The summed E-state index contributed by atoms with van der Waals surface area (Å²) < 4.78 is 5.81. The molecule has 4 heteroatoms. The molecule has 0 saturated heterocycles. The van der Waals surface area contributed by atoms with E-state index in [9.17, 15) is 4.79 Å². The fourth-order valence-electron chi connectivity index (χ4n) is 2.91. The number of halogens is 1. The van der Waals surface area contributed by atoms with Crippen LogP contribution >= 0.6 is 11.6 Å². The van der Waals surface area contributed by atoms with Crippen molar-refractivity contribution in [2.75, 3.05) is 0 Å². The van der Waals surface area contributed by atoms with Gasteiger partial charge < -0.3 is 10.1 Å². The standard InChI is InChI=1S/C18H26ClNO2/c1-2-16(22-17-13-9-8-12-15(17)19)18(21)20-14-10-6-4-3-5-7-11-14/h8-9,12-14,16H,2-7,10-11H2,1H3,(H,20,21)/t16-/m1/s1. The van der Waals surface area contributed by atoms with Gasteiger partial charge in [0.05, 0.1) is 5.02 Å². The molecule has 0 heterocycles. The number of para-hydroxylation sites is 1. The second kappa shape index (κ2) is 9.04.